The fourth-order valence-corrected chi connectivity index (χ4v) is 2.20. The summed E-state index contributed by atoms with van der Waals surface area (Å²) in [6.07, 6.45) is 1.56. The van der Waals surface area contributed by atoms with Crippen LogP contribution in [0.15, 0.2) is 36.5 Å². The zero-order valence-corrected chi connectivity index (χ0v) is 13.5. The van der Waals surface area contributed by atoms with Crippen LogP contribution in [0.4, 0.5) is 14.5 Å². The van der Waals surface area contributed by atoms with Crippen molar-refractivity contribution in [1.29, 1.82) is 0 Å². The fourth-order valence-electron chi connectivity index (χ4n) is 2.20. The molecule has 0 radical (unpaired) electrons. The highest BCUT2D eigenvalue weighted by Gasteiger charge is 2.14. The van der Waals surface area contributed by atoms with Crippen molar-refractivity contribution in [1.82, 2.24) is 20.0 Å². The molecule has 2 N–H and O–H groups in total. The van der Waals surface area contributed by atoms with Crippen molar-refractivity contribution in [3.8, 4) is 17.0 Å². The Bertz CT molecular complexity index is 886. The van der Waals surface area contributed by atoms with Gasteiger partial charge in [0.2, 0.25) is 0 Å². The molecule has 0 fully saturated rings. The van der Waals surface area contributed by atoms with Crippen LogP contribution in [0, 0.1) is 6.92 Å². The number of alkyl halides is 2. The number of halogens is 2. The minimum absolute atomic E-state index is 0.0549. The first kappa shape index (κ1) is 16.6. The van der Waals surface area contributed by atoms with Gasteiger partial charge in [0, 0.05) is 12.6 Å². The molecule has 0 aliphatic heterocycles. The third-order valence-corrected chi connectivity index (χ3v) is 3.68. The first-order valence-corrected chi connectivity index (χ1v) is 7.34. The van der Waals surface area contributed by atoms with Gasteiger partial charge in [-0.1, -0.05) is 0 Å². The lowest BCUT2D eigenvalue weighted by Gasteiger charge is -2.04. The predicted molar refractivity (Wildman–Crippen MR) is 86.6 cm³/mol. The van der Waals surface area contributed by atoms with Crippen molar-refractivity contribution < 1.29 is 18.3 Å². The smallest absolute Gasteiger partial charge is 0.387 e. The number of ether oxygens (including phenoxy) is 1. The Labute approximate surface area is 141 Å². The van der Waals surface area contributed by atoms with Gasteiger partial charge in [0.1, 0.15) is 11.4 Å². The van der Waals surface area contributed by atoms with Gasteiger partial charge in [-0.05, 0) is 37.3 Å². The van der Waals surface area contributed by atoms with Crippen LogP contribution < -0.4 is 10.1 Å². The van der Waals surface area contributed by atoms with E-state index in [9.17, 15) is 13.6 Å². The van der Waals surface area contributed by atoms with Crippen LogP contribution in [0.1, 0.15) is 16.2 Å². The van der Waals surface area contributed by atoms with Crippen molar-refractivity contribution in [2.24, 2.45) is 7.05 Å². The van der Waals surface area contributed by atoms with Gasteiger partial charge in [-0.15, -0.1) is 0 Å². The second kappa shape index (κ2) is 6.71. The Kier molecular flexibility index (Phi) is 4.46. The van der Waals surface area contributed by atoms with Crippen molar-refractivity contribution in [3.05, 3.63) is 47.9 Å². The van der Waals surface area contributed by atoms with E-state index in [-0.39, 0.29) is 17.4 Å². The number of nitrogens with zero attached hydrogens (tertiary/aromatic N) is 3. The summed E-state index contributed by atoms with van der Waals surface area (Å²) in [6.45, 7) is -1.04. The average Bonchev–Trinajstić information content (AvgIpc) is 3.18. The molecule has 2 aromatic heterocycles. The van der Waals surface area contributed by atoms with Gasteiger partial charge in [-0.2, -0.15) is 19.0 Å². The monoisotopic (exact) mass is 347 g/mol. The Morgan fingerprint density at radius 2 is 2.04 bits per heavy atom. The second-order valence-corrected chi connectivity index (χ2v) is 5.29. The van der Waals surface area contributed by atoms with Crippen molar-refractivity contribution >= 4 is 11.6 Å². The lowest BCUT2D eigenvalue weighted by atomic mass is 10.1. The molecule has 2 heterocycles. The molecule has 1 aromatic carbocycles. The van der Waals surface area contributed by atoms with E-state index in [1.165, 1.54) is 12.1 Å². The van der Waals surface area contributed by atoms with E-state index in [1.54, 1.807) is 36.1 Å². The molecule has 7 nitrogen and oxygen atoms in total. The van der Waals surface area contributed by atoms with Crippen molar-refractivity contribution in [2.45, 2.75) is 13.5 Å². The number of aromatic nitrogens is 4. The van der Waals surface area contributed by atoms with Gasteiger partial charge in [0.05, 0.1) is 23.3 Å². The van der Waals surface area contributed by atoms with E-state index in [1.807, 2.05) is 6.92 Å². The normalized spacial score (nSPS) is 10.9. The molecule has 0 spiro atoms. The number of anilines is 1. The molecule has 0 unspecified atom stereocenters. The number of carbonyl (C=O) groups is 1. The summed E-state index contributed by atoms with van der Waals surface area (Å²) in [4.78, 5) is 12.3. The summed E-state index contributed by atoms with van der Waals surface area (Å²) < 4.78 is 30.3. The molecule has 0 aliphatic carbocycles. The second-order valence-electron chi connectivity index (χ2n) is 5.29. The van der Waals surface area contributed by atoms with E-state index in [0.717, 1.165) is 5.69 Å². The number of amides is 1. The number of carbonyl (C=O) groups excluding carboxylic acids is 1. The number of H-pyrrole nitrogens is 1. The lowest BCUT2D eigenvalue weighted by Crippen LogP contribution is -2.12. The Morgan fingerprint density at radius 1 is 1.32 bits per heavy atom. The van der Waals surface area contributed by atoms with Gasteiger partial charge in [0.15, 0.2) is 0 Å². The van der Waals surface area contributed by atoms with E-state index in [2.05, 4.69) is 25.3 Å². The van der Waals surface area contributed by atoms with Gasteiger partial charge in [0.25, 0.3) is 5.91 Å². The lowest BCUT2D eigenvalue weighted by molar-refractivity contribution is -0.0498. The van der Waals surface area contributed by atoms with Gasteiger partial charge >= 0.3 is 6.61 Å². The molecule has 0 saturated carbocycles. The Balaban J connectivity index is 1.73. The molecule has 0 bridgehead atoms. The molecule has 0 aliphatic rings. The molecule has 3 rings (SSSR count). The largest absolute Gasteiger partial charge is 0.435 e. The predicted octanol–water partition coefficient (Wildman–Crippen LogP) is 2.97. The van der Waals surface area contributed by atoms with Crippen LogP contribution in [0.25, 0.3) is 11.3 Å². The first-order chi connectivity index (χ1) is 11.9. The average molecular weight is 347 g/mol. The summed E-state index contributed by atoms with van der Waals surface area (Å²) in [7, 11) is 1.78. The molecule has 3 aromatic rings. The number of nitrogens with one attached hydrogen (secondary N) is 2. The van der Waals surface area contributed by atoms with Crippen LogP contribution in [0.3, 0.4) is 0 Å². The number of benzene rings is 1. The third kappa shape index (κ3) is 3.65. The summed E-state index contributed by atoms with van der Waals surface area (Å²) in [5.41, 5.74) is 2.87. The Hall–Kier alpha value is -3.23. The number of hydrogen-bond acceptors (Lipinski definition) is 4. The van der Waals surface area contributed by atoms with Crippen LogP contribution in [0.5, 0.6) is 5.75 Å². The molecule has 9 heteroatoms. The molecule has 130 valence electrons. The molecule has 1 amide bonds. The minimum atomic E-state index is -2.87. The van der Waals surface area contributed by atoms with Crippen LogP contribution in [0.2, 0.25) is 0 Å². The molecule has 0 atom stereocenters. The maximum atomic E-state index is 12.3. The summed E-state index contributed by atoms with van der Waals surface area (Å²) in [5, 5.41) is 13.5. The molecular weight excluding hydrogens is 332 g/mol. The quantitative estimate of drug-likeness (QED) is 0.743. The highest BCUT2D eigenvalue weighted by molar-refractivity contribution is 6.03. The van der Waals surface area contributed by atoms with Crippen molar-refractivity contribution in [3.63, 3.8) is 0 Å². The molecular formula is C16H15F2N5O2. The van der Waals surface area contributed by atoms with E-state index in [0.29, 0.717) is 16.9 Å². The zero-order valence-electron chi connectivity index (χ0n) is 13.5. The van der Waals surface area contributed by atoms with Gasteiger partial charge < -0.3 is 10.1 Å². The number of hydrogen-bond donors (Lipinski definition) is 2. The topological polar surface area (TPSA) is 84.8 Å². The SMILES string of the molecule is Cc1c(NC(=O)c2cc(-c3ccc(OC(F)F)cc3)n[nH]2)cnn1C. The highest BCUT2D eigenvalue weighted by Crippen LogP contribution is 2.23. The zero-order chi connectivity index (χ0) is 18.0. The third-order valence-electron chi connectivity index (χ3n) is 3.68. The maximum absolute atomic E-state index is 12.3. The van der Waals surface area contributed by atoms with Crippen LogP contribution in [-0.2, 0) is 7.05 Å². The van der Waals surface area contributed by atoms with Crippen LogP contribution >= 0.6 is 0 Å². The van der Waals surface area contributed by atoms with E-state index >= 15 is 0 Å². The number of aryl methyl sites for hydroxylation is 1. The molecule has 0 saturated heterocycles. The summed E-state index contributed by atoms with van der Waals surface area (Å²) in [6, 6.07) is 7.56. The first-order valence-electron chi connectivity index (χ1n) is 7.34. The standard InChI is InChI=1S/C16H15F2N5O2/c1-9-14(8-19-23(9)2)20-15(24)13-7-12(21-22-13)10-3-5-11(6-4-10)25-16(17)18/h3-8,16H,1-2H3,(H,20,24)(H,21,22). The summed E-state index contributed by atoms with van der Waals surface area (Å²) >= 11 is 0. The fraction of sp³-hybridized carbons (Fsp3) is 0.188. The van der Waals surface area contributed by atoms with Gasteiger partial charge in [-0.25, -0.2) is 0 Å². The van der Waals surface area contributed by atoms with E-state index < -0.39 is 6.61 Å². The number of aromatic amines is 1. The van der Waals surface area contributed by atoms with Crippen LogP contribution in [-0.4, -0.2) is 32.5 Å². The summed E-state index contributed by atoms with van der Waals surface area (Å²) in [5.74, 6) is -0.299. The maximum Gasteiger partial charge on any atom is 0.387 e. The van der Waals surface area contributed by atoms with E-state index in [4.69, 9.17) is 0 Å². The Morgan fingerprint density at radius 3 is 2.64 bits per heavy atom. The van der Waals surface area contributed by atoms with Crippen molar-refractivity contribution in [2.75, 3.05) is 5.32 Å². The molecule has 25 heavy (non-hydrogen) atoms. The minimum Gasteiger partial charge on any atom is -0.435 e. The van der Waals surface area contributed by atoms with Gasteiger partial charge in [-0.3, -0.25) is 14.6 Å². The number of rotatable bonds is 5. The highest BCUT2D eigenvalue weighted by atomic mass is 19.3.